The number of likely N-dealkylation sites (tertiary alicyclic amines) is 1. The highest BCUT2D eigenvalue weighted by Gasteiger charge is 2.55. The predicted octanol–water partition coefficient (Wildman–Crippen LogP) is 3.40. The van der Waals surface area contributed by atoms with Gasteiger partial charge in [0.25, 0.3) is 5.91 Å². The Balaban J connectivity index is 1.66. The van der Waals surface area contributed by atoms with Gasteiger partial charge in [-0.15, -0.1) is 0 Å². The van der Waals surface area contributed by atoms with E-state index in [-0.39, 0.29) is 23.8 Å². The molecule has 0 radical (unpaired) electrons. The molecule has 4 amide bonds. The molecule has 2 fully saturated rings. The summed E-state index contributed by atoms with van der Waals surface area (Å²) >= 11 is 0. The highest BCUT2D eigenvalue weighted by Crippen LogP contribution is 2.38. The van der Waals surface area contributed by atoms with E-state index in [9.17, 15) is 14.4 Å². The molecular formula is C25H42N4O3. The molecule has 1 atom stereocenters. The number of nitrogens with one attached hydrogen (secondary N) is 1. The average molecular weight is 447 g/mol. The number of likely N-dealkylation sites (N-methyl/N-ethyl adjacent to an activating group) is 1. The third kappa shape index (κ3) is 5.72. The monoisotopic (exact) mass is 446 g/mol. The first-order valence-electron chi connectivity index (χ1n) is 12.5. The smallest absolute Gasteiger partial charge is 0.325 e. The molecule has 0 spiro atoms. The topological polar surface area (TPSA) is 73.0 Å². The van der Waals surface area contributed by atoms with E-state index < -0.39 is 5.54 Å². The third-order valence-corrected chi connectivity index (χ3v) is 7.40. The lowest BCUT2D eigenvalue weighted by Gasteiger charge is -2.41. The van der Waals surface area contributed by atoms with E-state index in [2.05, 4.69) is 25.2 Å². The summed E-state index contributed by atoms with van der Waals surface area (Å²) in [7, 11) is 3.89. The van der Waals surface area contributed by atoms with Crippen molar-refractivity contribution in [1.82, 2.24) is 20.0 Å². The molecule has 7 heteroatoms. The fraction of sp³-hybridized carbons (Fsp3) is 0.800. The van der Waals surface area contributed by atoms with Crippen LogP contribution in [-0.2, 0) is 9.59 Å². The number of nitrogens with zero attached hydrogens (tertiary/aromatic N) is 3. The molecule has 2 aliphatic heterocycles. The van der Waals surface area contributed by atoms with Crippen LogP contribution in [0.2, 0.25) is 0 Å². The van der Waals surface area contributed by atoms with Crippen LogP contribution in [0.1, 0.15) is 71.6 Å². The van der Waals surface area contributed by atoms with E-state index in [0.717, 1.165) is 32.1 Å². The van der Waals surface area contributed by atoms with E-state index in [0.29, 0.717) is 44.9 Å². The zero-order valence-corrected chi connectivity index (χ0v) is 20.5. The number of amides is 4. The summed E-state index contributed by atoms with van der Waals surface area (Å²) < 4.78 is 0. The summed E-state index contributed by atoms with van der Waals surface area (Å²) in [6.07, 6.45) is 10.4. The van der Waals surface area contributed by atoms with Crippen LogP contribution in [0.15, 0.2) is 11.6 Å². The average Bonchev–Trinajstić information content (AvgIpc) is 3.01. The number of hydrogen-bond acceptors (Lipinski definition) is 4. The summed E-state index contributed by atoms with van der Waals surface area (Å²) in [6.45, 7) is 6.71. The Kier molecular flexibility index (Phi) is 8.37. The molecule has 0 aromatic carbocycles. The second kappa shape index (κ2) is 10.8. The molecule has 0 saturated carbocycles. The Labute approximate surface area is 193 Å². The second-order valence-corrected chi connectivity index (χ2v) is 10.5. The molecule has 3 aliphatic rings. The summed E-state index contributed by atoms with van der Waals surface area (Å²) in [5, 5.41) is 3.13. The van der Waals surface area contributed by atoms with Crippen molar-refractivity contribution in [3.63, 3.8) is 0 Å². The van der Waals surface area contributed by atoms with Gasteiger partial charge in [-0.2, -0.15) is 0 Å². The molecule has 1 aliphatic carbocycles. The lowest BCUT2D eigenvalue weighted by Crippen LogP contribution is -2.56. The highest BCUT2D eigenvalue weighted by molar-refractivity contribution is 6.07. The third-order valence-electron chi connectivity index (χ3n) is 7.40. The van der Waals surface area contributed by atoms with Crippen LogP contribution >= 0.6 is 0 Å². The molecule has 0 bridgehead atoms. The number of urea groups is 1. The summed E-state index contributed by atoms with van der Waals surface area (Å²) in [6, 6.07) is -0.261. The number of carbonyl (C=O) groups excluding carboxylic acids is 3. The van der Waals surface area contributed by atoms with Gasteiger partial charge < -0.3 is 15.1 Å². The van der Waals surface area contributed by atoms with Gasteiger partial charge in [-0.25, -0.2) is 4.79 Å². The molecule has 1 N–H and O–H groups in total. The van der Waals surface area contributed by atoms with Gasteiger partial charge in [-0.1, -0.05) is 25.5 Å². The van der Waals surface area contributed by atoms with Crippen molar-refractivity contribution in [2.24, 2.45) is 11.8 Å². The fourth-order valence-electron chi connectivity index (χ4n) is 5.31. The minimum Gasteiger partial charge on any atom is -0.342 e. The van der Waals surface area contributed by atoms with Crippen molar-refractivity contribution < 1.29 is 14.4 Å². The minimum absolute atomic E-state index is 0.0675. The van der Waals surface area contributed by atoms with Crippen molar-refractivity contribution in [3.8, 4) is 0 Å². The van der Waals surface area contributed by atoms with Crippen LogP contribution in [0.4, 0.5) is 4.79 Å². The largest absolute Gasteiger partial charge is 0.342 e. The van der Waals surface area contributed by atoms with Gasteiger partial charge >= 0.3 is 6.03 Å². The number of carbonyl (C=O) groups is 3. The molecule has 2 heterocycles. The van der Waals surface area contributed by atoms with Gasteiger partial charge in [0, 0.05) is 32.6 Å². The van der Waals surface area contributed by atoms with Crippen molar-refractivity contribution >= 4 is 17.8 Å². The summed E-state index contributed by atoms with van der Waals surface area (Å²) in [5.74, 6) is 0.669. The van der Waals surface area contributed by atoms with E-state index in [1.54, 1.807) is 0 Å². The zero-order chi connectivity index (χ0) is 23.3. The normalized spacial score (nSPS) is 25.0. The van der Waals surface area contributed by atoms with Gasteiger partial charge in [0.2, 0.25) is 5.91 Å². The Morgan fingerprint density at radius 1 is 1.22 bits per heavy atom. The van der Waals surface area contributed by atoms with Crippen LogP contribution in [0.5, 0.6) is 0 Å². The lowest BCUT2D eigenvalue weighted by molar-refractivity contribution is -0.136. The Bertz CT molecular complexity index is 725. The van der Waals surface area contributed by atoms with E-state index in [1.165, 1.54) is 23.3 Å². The maximum absolute atomic E-state index is 13.6. The Hall–Kier alpha value is -1.89. The fourth-order valence-corrected chi connectivity index (χ4v) is 5.31. The molecule has 32 heavy (non-hydrogen) atoms. The van der Waals surface area contributed by atoms with Gasteiger partial charge in [-0.05, 0) is 77.3 Å². The molecule has 3 rings (SSSR count). The lowest BCUT2D eigenvalue weighted by atomic mass is 9.73. The maximum atomic E-state index is 13.6. The molecular weight excluding hydrogens is 404 g/mol. The number of hydrogen-bond donors (Lipinski definition) is 1. The van der Waals surface area contributed by atoms with E-state index >= 15 is 0 Å². The Morgan fingerprint density at radius 3 is 2.53 bits per heavy atom. The van der Waals surface area contributed by atoms with Crippen LogP contribution in [0.25, 0.3) is 0 Å². The first-order valence-corrected chi connectivity index (χ1v) is 12.5. The molecule has 0 aromatic rings. The molecule has 180 valence electrons. The molecule has 1 unspecified atom stereocenters. The highest BCUT2D eigenvalue weighted by atomic mass is 16.2. The molecule has 2 saturated heterocycles. The van der Waals surface area contributed by atoms with E-state index in [1.807, 2.05) is 23.9 Å². The minimum atomic E-state index is -0.825. The van der Waals surface area contributed by atoms with Gasteiger partial charge in [-0.3, -0.25) is 14.5 Å². The van der Waals surface area contributed by atoms with Crippen molar-refractivity contribution in [3.05, 3.63) is 11.6 Å². The number of rotatable bonds is 9. The van der Waals surface area contributed by atoms with Gasteiger partial charge in [0.1, 0.15) is 5.54 Å². The van der Waals surface area contributed by atoms with E-state index in [4.69, 9.17) is 0 Å². The van der Waals surface area contributed by atoms with Crippen LogP contribution in [-0.4, -0.2) is 78.4 Å². The SMILES string of the molecule is CC(C)CCC1(C2CCN(C(=O)CC3=CCCCC3)CC2)NC(=O)N(CCN(C)C)C1=O. The number of allylic oxidation sites excluding steroid dienone is 1. The van der Waals surface area contributed by atoms with Gasteiger partial charge in [0.15, 0.2) is 0 Å². The predicted molar refractivity (Wildman–Crippen MR) is 126 cm³/mol. The first kappa shape index (κ1) is 24.7. The van der Waals surface area contributed by atoms with Crippen molar-refractivity contribution in [2.75, 3.05) is 40.3 Å². The zero-order valence-electron chi connectivity index (χ0n) is 20.5. The van der Waals surface area contributed by atoms with Crippen LogP contribution < -0.4 is 5.32 Å². The maximum Gasteiger partial charge on any atom is 0.325 e. The number of piperidine rings is 1. The van der Waals surface area contributed by atoms with Gasteiger partial charge in [0.05, 0.1) is 0 Å². The number of imide groups is 1. The van der Waals surface area contributed by atoms with Crippen LogP contribution in [0, 0.1) is 11.8 Å². The molecule has 0 aromatic heterocycles. The standard InChI is InChI=1S/C25H42N4O3/c1-19(2)10-13-25(23(31)29(24(32)26-25)17-16-27(3)4)21-11-14-28(15-12-21)22(30)18-20-8-6-5-7-9-20/h8,19,21H,5-7,9-18H2,1-4H3,(H,26,32). The second-order valence-electron chi connectivity index (χ2n) is 10.5. The first-order chi connectivity index (χ1) is 15.2. The van der Waals surface area contributed by atoms with Crippen molar-refractivity contribution in [2.45, 2.75) is 77.2 Å². The van der Waals surface area contributed by atoms with Crippen LogP contribution in [0.3, 0.4) is 0 Å². The quantitative estimate of drug-likeness (QED) is 0.435. The van der Waals surface area contributed by atoms with Crippen molar-refractivity contribution in [1.29, 1.82) is 0 Å². The summed E-state index contributed by atoms with van der Waals surface area (Å²) in [5.41, 5.74) is 0.459. The summed E-state index contributed by atoms with van der Waals surface area (Å²) in [4.78, 5) is 44.6. The Morgan fingerprint density at radius 2 is 1.94 bits per heavy atom. The molecule has 7 nitrogen and oxygen atoms in total.